The molecule has 1 fully saturated rings. The fourth-order valence-electron chi connectivity index (χ4n) is 2.19. The van der Waals surface area contributed by atoms with Gasteiger partial charge in [0.15, 0.2) is 11.6 Å². The number of nitrogens with one attached hydrogen (secondary N) is 1. The van der Waals surface area contributed by atoms with E-state index in [1.165, 1.54) is 13.2 Å². The first-order valence-electron chi connectivity index (χ1n) is 5.94. The van der Waals surface area contributed by atoms with Gasteiger partial charge in [-0.25, -0.2) is 4.39 Å². The van der Waals surface area contributed by atoms with Crippen molar-refractivity contribution >= 4 is 11.4 Å². The summed E-state index contributed by atoms with van der Waals surface area (Å²) in [6.45, 7) is 3.96. The van der Waals surface area contributed by atoms with Gasteiger partial charge in [-0.05, 0) is 6.42 Å². The topological polar surface area (TPSA) is 67.5 Å². The number of methoxy groups -OCH3 is 1. The third-order valence-corrected chi connectivity index (χ3v) is 3.87. The Bertz CT molecular complexity index is 463. The molecule has 0 aromatic heterocycles. The second-order valence-corrected chi connectivity index (χ2v) is 5.34. The minimum atomic E-state index is -0.478. The lowest BCUT2D eigenvalue weighted by Crippen LogP contribution is -2.56. The SMILES string of the molecule is COc1cc(NC2CC(O)C2(C)C)c(N)cc1F. The van der Waals surface area contributed by atoms with Crippen LogP contribution in [0.3, 0.4) is 0 Å². The molecule has 2 rings (SSSR count). The van der Waals surface area contributed by atoms with E-state index in [0.29, 0.717) is 17.8 Å². The van der Waals surface area contributed by atoms with Crippen LogP contribution < -0.4 is 15.8 Å². The smallest absolute Gasteiger partial charge is 0.167 e. The molecular weight excluding hydrogens is 235 g/mol. The Hall–Kier alpha value is -1.49. The molecule has 5 heteroatoms. The number of ether oxygens (including phenoxy) is 1. The van der Waals surface area contributed by atoms with Crippen LogP contribution in [0.1, 0.15) is 20.3 Å². The summed E-state index contributed by atoms with van der Waals surface area (Å²) in [5, 5.41) is 12.9. The van der Waals surface area contributed by atoms with Crippen LogP contribution >= 0.6 is 0 Å². The lowest BCUT2D eigenvalue weighted by Gasteiger charge is -2.50. The first kappa shape index (κ1) is 13.0. The van der Waals surface area contributed by atoms with Crippen molar-refractivity contribution in [3.05, 3.63) is 17.9 Å². The molecule has 0 bridgehead atoms. The Morgan fingerprint density at radius 3 is 2.67 bits per heavy atom. The molecule has 1 saturated carbocycles. The summed E-state index contributed by atoms with van der Waals surface area (Å²) >= 11 is 0. The van der Waals surface area contributed by atoms with Crippen molar-refractivity contribution < 1.29 is 14.2 Å². The Labute approximate surface area is 106 Å². The first-order chi connectivity index (χ1) is 8.36. The highest BCUT2D eigenvalue weighted by Gasteiger charge is 2.47. The minimum Gasteiger partial charge on any atom is -0.494 e. The number of anilines is 2. The van der Waals surface area contributed by atoms with E-state index in [1.54, 1.807) is 6.07 Å². The highest BCUT2D eigenvalue weighted by Crippen LogP contribution is 2.43. The number of aliphatic hydroxyl groups excluding tert-OH is 1. The van der Waals surface area contributed by atoms with E-state index in [1.807, 2.05) is 13.8 Å². The number of hydrogen-bond acceptors (Lipinski definition) is 4. The molecule has 0 amide bonds. The molecule has 0 radical (unpaired) electrons. The number of benzene rings is 1. The molecule has 0 spiro atoms. The number of aliphatic hydroxyl groups is 1. The largest absolute Gasteiger partial charge is 0.494 e. The summed E-state index contributed by atoms with van der Waals surface area (Å²) < 4.78 is 18.3. The lowest BCUT2D eigenvalue weighted by molar-refractivity contribution is -0.0510. The molecule has 4 nitrogen and oxygen atoms in total. The van der Waals surface area contributed by atoms with E-state index >= 15 is 0 Å². The summed E-state index contributed by atoms with van der Waals surface area (Å²) in [5.41, 5.74) is 6.54. The molecule has 18 heavy (non-hydrogen) atoms. The Balaban J connectivity index is 2.20. The van der Waals surface area contributed by atoms with Crippen LogP contribution in [0, 0.1) is 11.2 Å². The molecular formula is C13H19FN2O2. The van der Waals surface area contributed by atoms with Crippen LogP contribution in [0.25, 0.3) is 0 Å². The summed E-state index contributed by atoms with van der Waals surface area (Å²) in [6, 6.07) is 2.90. The van der Waals surface area contributed by atoms with Crippen molar-refractivity contribution in [3.63, 3.8) is 0 Å². The zero-order valence-electron chi connectivity index (χ0n) is 10.8. The number of nitrogens with two attached hydrogens (primary N) is 1. The Morgan fingerprint density at radius 2 is 2.17 bits per heavy atom. The van der Waals surface area contributed by atoms with E-state index in [-0.39, 0.29) is 23.3 Å². The molecule has 1 aliphatic carbocycles. The molecule has 0 aliphatic heterocycles. The van der Waals surface area contributed by atoms with Gasteiger partial charge in [-0.1, -0.05) is 13.8 Å². The molecule has 2 unspecified atom stereocenters. The fourth-order valence-corrected chi connectivity index (χ4v) is 2.19. The van der Waals surface area contributed by atoms with Crippen molar-refractivity contribution in [1.82, 2.24) is 0 Å². The van der Waals surface area contributed by atoms with Crippen LogP contribution in [0.4, 0.5) is 15.8 Å². The third kappa shape index (κ3) is 1.99. The van der Waals surface area contributed by atoms with Gasteiger partial charge in [0.2, 0.25) is 0 Å². The summed E-state index contributed by atoms with van der Waals surface area (Å²) in [7, 11) is 1.41. The molecule has 2 atom stereocenters. The van der Waals surface area contributed by atoms with Crippen LogP contribution in [-0.2, 0) is 0 Å². The second kappa shape index (κ2) is 4.31. The Kier molecular flexibility index (Phi) is 3.11. The average Bonchev–Trinajstić information content (AvgIpc) is 2.31. The maximum Gasteiger partial charge on any atom is 0.167 e. The van der Waals surface area contributed by atoms with Gasteiger partial charge in [0, 0.05) is 23.6 Å². The molecule has 0 heterocycles. The highest BCUT2D eigenvalue weighted by atomic mass is 19.1. The van der Waals surface area contributed by atoms with Gasteiger partial charge in [0.25, 0.3) is 0 Å². The summed E-state index contributed by atoms with van der Waals surface area (Å²) in [5.74, 6) is -0.321. The average molecular weight is 254 g/mol. The predicted octanol–water partition coefficient (Wildman–Crippen LogP) is 1.99. The van der Waals surface area contributed by atoms with Crippen LogP contribution in [0.15, 0.2) is 12.1 Å². The molecule has 1 aromatic carbocycles. The van der Waals surface area contributed by atoms with Gasteiger partial charge in [-0.3, -0.25) is 0 Å². The van der Waals surface area contributed by atoms with Crippen molar-refractivity contribution in [2.24, 2.45) is 5.41 Å². The first-order valence-corrected chi connectivity index (χ1v) is 5.94. The lowest BCUT2D eigenvalue weighted by atomic mass is 9.64. The zero-order valence-corrected chi connectivity index (χ0v) is 10.8. The normalized spacial score (nSPS) is 25.4. The Morgan fingerprint density at radius 1 is 1.50 bits per heavy atom. The maximum absolute atomic E-state index is 13.4. The van der Waals surface area contributed by atoms with Gasteiger partial charge >= 0.3 is 0 Å². The van der Waals surface area contributed by atoms with Crippen molar-refractivity contribution in [2.45, 2.75) is 32.4 Å². The number of rotatable bonds is 3. The third-order valence-electron chi connectivity index (χ3n) is 3.87. The number of hydrogen-bond donors (Lipinski definition) is 3. The van der Waals surface area contributed by atoms with E-state index < -0.39 is 5.82 Å². The van der Waals surface area contributed by atoms with Crippen molar-refractivity contribution in [1.29, 1.82) is 0 Å². The summed E-state index contributed by atoms with van der Waals surface area (Å²) in [6.07, 6.45) is 0.338. The molecule has 4 N–H and O–H groups in total. The van der Waals surface area contributed by atoms with Crippen molar-refractivity contribution in [2.75, 3.05) is 18.2 Å². The van der Waals surface area contributed by atoms with E-state index in [0.717, 1.165) is 0 Å². The minimum absolute atomic E-state index is 0.116. The van der Waals surface area contributed by atoms with E-state index in [2.05, 4.69) is 5.32 Å². The van der Waals surface area contributed by atoms with Crippen LogP contribution in [0.5, 0.6) is 5.75 Å². The van der Waals surface area contributed by atoms with Crippen LogP contribution in [-0.4, -0.2) is 24.4 Å². The number of halogens is 1. The fraction of sp³-hybridized carbons (Fsp3) is 0.538. The monoisotopic (exact) mass is 254 g/mol. The van der Waals surface area contributed by atoms with E-state index in [9.17, 15) is 9.50 Å². The molecule has 1 aromatic rings. The maximum atomic E-state index is 13.4. The highest BCUT2D eigenvalue weighted by molar-refractivity contribution is 5.69. The number of nitrogen functional groups attached to an aromatic ring is 1. The van der Waals surface area contributed by atoms with Gasteiger partial charge < -0.3 is 20.9 Å². The van der Waals surface area contributed by atoms with Gasteiger partial charge in [-0.15, -0.1) is 0 Å². The molecule has 0 saturated heterocycles. The van der Waals surface area contributed by atoms with Gasteiger partial charge in [0.1, 0.15) is 0 Å². The molecule has 100 valence electrons. The van der Waals surface area contributed by atoms with Crippen molar-refractivity contribution in [3.8, 4) is 5.75 Å². The van der Waals surface area contributed by atoms with Crippen LogP contribution in [0.2, 0.25) is 0 Å². The second-order valence-electron chi connectivity index (χ2n) is 5.34. The quantitative estimate of drug-likeness (QED) is 0.722. The van der Waals surface area contributed by atoms with E-state index in [4.69, 9.17) is 10.5 Å². The van der Waals surface area contributed by atoms with Gasteiger partial charge in [0.05, 0.1) is 24.6 Å². The van der Waals surface area contributed by atoms with Gasteiger partial charge in [-0.2, -0.15) is 0 Å². The zero-order chi connectivity index (χ0) is 13.5. The molecule has 1 aliphatic rings. The predicted molar refractivity (Wildman–Crippen MR) is 69.2 cm³/mol. The summed E-state index contributed by atoms with van der Waals surface area (Å²) in [4.78, 5) is 0. The standard InChI is InChI=1S/C13H19FN2O2/c1-13(2)11(6-12(13)17)16-9-5-10(18-3)7(14)4-8(9)15/h4-5,11-12,16-17H,6,15H2,1-3H3.